The van der Waals surface area contributed by atoms with Gasteiger partial charge in [-0.3, -0.25) is 4.79 Å². The van der Waals surface area contributed by atoms with Crippen molar-refractivity contribution in [2.75, 3.05) is 19.7 Å². The van der Waals surface area contributed by atoms with Crippen LogP contribution in [0.1, 0.15) is 43.6 Å². The number of benzene rings is 3. The Morgan fingerprint density at radius 2 is 1.46 bits per heavy atom. The lowest BCUT2D eigenvalue weighted by Crippen LogP contribution is -2.30. The molecule has 0 aliphatic carbocycles. The van der Waals surface area contributed by atoms with Gasteiger partial charge in [-0.25, -0.2) is 4.79 Å². The van der Waals surface area contributed by atoms with Gasteiger partial charge < -0.3 is 19.5 Å². The maximum absolute atomic E-state index is 12.7. The summed E-state index contributed by atoms with van der Waals surface area (Å²) in [5.41, 5.74) is 3.20. The highest BCUT2D eigenvalue weighted by molar-refractivity contribution is 5.97. The first-order chi connectivity index (χ1) is 16.9. The van der Waals surface area contributed by atoms with Crippen LogP contribution in [0, 0.1) is 0 Å². The molecular formula is C29H31NO5. The van der Waals surface area contributed by atoms with Crippen LogP contribution in [0.15, 0.2) is 84.4 Å². The Bertz CT molecular complexity index is 1110. The van der Waals surface area contributed by atoms with Crippen molar-refractivity contribution in [1.29, 1.82) is 0 Å². The van der Waals surface area contributed by atoms with Gasteiger partial charge in [-0.05, 0) is 55.7 Å². The van der Waals surface area contributed by atoms with Gasteiger partial charge in [-0.1, -0.05) is 66.7 Å². The van der Waals surface area contributed by atoms with E-state index in [1.54, 1.807) is 30.0 Å². The van der Waals surface area contributed by atoms with Crippen LogP contribution in [0.5, 0.6) is 11.5 Å². The highest BCUT2D eigenvalue weighted by Crippen LogP contribution is 2.35. The Kier molecular flexibility index (Phi) is 9.07. The van der Waals surface area contributed by atoms with Crippen LogP contribution >= 0.6 is 0 Å². The number of carbonyl (C=O) groups excluding carboxylic acids is 1. The van der Waals surface area contributed by atoms with Crippen molar-refractivity contribution in [1.82, 2.24) is 4.90 Å². The molecule has 0 aromatic heterocycles. The van der Waals surface area contributed by atoms with Crippen molar-refractivity contribution in [3.05, 3.63) is 101 Å². The summed E-state index contributed by atoms with van der Waals surface area (Å²) in [6.07, 6.45) is 1.35. The number of hydrogen-bond acceptors (Lipinski definition) is 4. The Balaban J connectivity index is 1.98. The fourth-order valence-corrected chi connectivity index (χ4v) is 3.75. The summed E-state index contributed by atoms with van der Waals surface area (Å²) in [5, 5.41) is 9.18. The first-order valence-corrected chi connectivity index (χ1v) is 11.7. The molecule has 0 fully saturated rings. The molecule has 0 aliphatic rings. The molecule has 3 aromatic rings. The van der Waals surface area contributed by atoms with Gasteiger partial charge in [0.15, 0.2) is 18.1 Å². The second kappa shape index (κ2) is 12.4. The van der Waals surface area contributed by atoms with E-state index >= 15 is 0 Å². The lowest BCUT2D eigenvalue weighted by Gasteiger charge is -2.22. The van der Waals surface area contributed by atoms with Gasteiger partial charge in [-0.15, -0.1) is 0 Å². The predicted octanol–water partition coefficient (Wildman–Crippen LogP) is 5.59. The van der Waals surface area contributed by atoms with E-state index in [1.807, 2.05) is 80.6 Å². The van der Waals surface area contributed by atoms with Gasteiger partial charge in [0.2, 0.25) is 5.91 Å². The topological polar surface area (TPSA) is 76.1 Å². The average molecular weight is 474 g/mol. The molecule has 0 bridgehead atoms. The first kappa shape index (κ1) is 25.6. The summed E-state index contributed by atoms with van der Waals surface area (Å²) in [6, 6.07) is 24.9. The number of nitrogens with zero attached hydrogens (tertiary/aromatic N) is 1. The Morgan fingerprint density at radius 1 is 0.886 bits per heavy atom. The SMILES string of the molecule is CCN(CC)C(=O)/C(C)=C\c1ccc(OC(c2ccccc2)c2ccccc2)c(OCC(=O)O)c1. The number of amides is 1. The van der Waals surface area contributed by atoms with E-state index in [-0.39, 0.29) is 5.91 Å². The molecule has 0 radical (unpaired) electrons. The number of carboxylic acid groups (broad SMARTS) is 1. The zero-order valence-corrected chi connectivity index (χ0v) is 20.3. The first-order valence-electron chi connectivity index (χ1n) is 11.7. The lowest BCUT2D eigenvalue weighted by atomic mass is 10.0. The summed E-state index contributed by atoms with van der Waals surface area (Å²) >= 11 is 0. The standard InChI is InChI=1S/C29H31NO5/c1-4-30(5-2)29(33)21(3)18-22-16-17-25(26(19-22)34-20-27(31)32)35-28(23-12-8-6-9-13-23)24-14-10-7-11-15-24/h6-19,28H,4-5,20H2,1-3H3,(H,31,32)/b21-18-. The van der Waals surface area contributed by atoms with E-state index in [0.717, 1.165) is 11.1 Å². The van der Waals surface area contributed by atoms with Crippen molar-refractivity contribution in [2.24, 2.45) is 0 Å². The molecule has 182 valence electrons. The van der Waals surface area contributed by atoms with E-state index in [9.17, 15) is 14.7 Å². The fourth-order valence-electron chi connectivity index (χ4n) is 3.75. The predicted molar refractivity (Wildman–Crippen MR) is 137 cm³/mol. The second-order valence-electron chi connectivity index (χ2n) is 8.01. The number of hydrogen-bond donors (Lipinski definition) is 1. The van der Waals surface area contributed by atoms with Crippen LogP contribution in [0.4, 0.5) is 0 Å². The number of carboxylic acids is 1. The van der Waals surface area contributed by atoms with Crippen LogP contribution < -0.4 is 9.47 Å². The minimum atomic E-state index is -1.09. The number of aliphatic carboxylic acids is 1. The highest BCUT2D eigenvalue weighted by Gasteiger charge is 2.19. The molecule has 6 nitrogen and oxygen atoms in total. The minimum absolute atomic E-state index is 0.0449. The summed E-state index contributed by atoms with van der Waals surface area (Å²) in [6.45, 7) is 6.39. The van der Waals surface area contributed by atoms with Crippen LogP contribution in [-0.2, 0) is 9.59 Å². The largest absolute Gasteiger partial charge is 0.479 e. The summed E-state index contributed by atoms with van der Waals surface area (Å²) < 4.78 is 12.0. The third-order valence-electron chi connectivity index (χ3n) is 5.54. The van der Waals surface area contributed by atoms with Gasteiger partial charge in [0.1, 0.15) is 6.10 Å². The quantitative estimate of drug-likeness (QED) is 0.368. The van der Waals surface area contributed by atoms with Crippen molar-refractivity contribution >= 4 is 18.0 Å². The van der Waals surface area contributed by atoms with Gasteiger partial charge in [0, 0.05) is 18.7 Å². The molecule has 1 N–H and O–H groups in total. The molecule has 0 unspecified atom stereocenters. The van der Waals surface area contributed by atoms with Crippen LogP contribution in [0.2, 0.25) is 0 Å². The molecular weight excluding hydrogens is 442 g/mol. The van der Waals surface area contributed by atoms with Crippen LogP contribution in [-0.4, -0.2) is 41.6 Å². The van der Waals surface area contributed by atoms with E-state index < -0.39 is 18.7 Å². The molecule has 35 heavy (non-hydrogen) atoms. The minimum Gasteiger partial charge on any atom is -0.479 e. The molecule has 1 amide bonds. The van der Waals surface area contributed by atoms with Crippen molar-refractivity contribution in [2.45, 2.75) is 26.9 Å². The average Bonchev–Trinajstić information content (AvgIpc) is 2.88. The molecule has 0 saturated heterocycles. The van der Waals surface area contributed by atoms with Crippen molar-refractivity contribution < 1.29 is 24.2 Å². The smallest absolute Gasteiger partial charge is 0.341 e. The Labute approximate surface area is 206 Å². The van der Waals surface area contributed by atoms with Gasteiger partial charge in [-0.2, -0.15) is 0 Å². The van der Waals surface area contributed by atoms with E-state index in [4.69, 9.17) is 9.47 Å². The molecule has 3 aromatic carbocycles. The molecule has 0 spiro atoms. The maximum atomic E-state index is 12.7. The highest BCUT2D eigenvalue weighted by atomic mass is 16.5. The van der Waals surface area contributed by atoms with Crippen LogP contribution in [0.3, 0.4) is 0 Å². The maximum Gasteiger partial charge on any atom is 0.341 e. The normalized spacial score (nSPS) is 11.3. The number of ether oxygens (including phenoxy) is 2. The van der Waals surface area contributed by atoms with Crippen molar-refractivity contribution in [3.63, 3.8) is 0 Å². The number of carbonyl (C=O) groups is 2. The third kappa shape index (κ3) is 6.96. The van der Waals surface area contributed by atoms with Crippen LogP contribution in [0.25, 0.3) is 6.08 Å². The summed E-state index contributed by atoms with van der Waals surface area (Å²) in [4.78, 5) is 25.6. The van der Waals surface area contributed by atoms with Crippen molar-refractivity contribution in [3.8, 4) is 11.5 Å². The number of likely N-dealkylation sites (N-methyl/N-ethyl adjacent to an activating group) is 1. The molecule has 0 heterocycles. The zero-order valence-electron chi connectivity index (χ0n) is 20.3. The third-order valence-corrected chi connectivity index (χ3v) is 5.54. The van der Waals surface area contributed by atoms with E-state index in [2.05, 4.69) is 0 Å². The van der Waals surface area contributed by atoms with E-state index in [0.29, 0.717) is 35.7 Å². The fraction of sp³-hybridized carbons (Fsp3) is 0.241. The monoisotopic (exact) mass is 473 g/mol. The lowest BCUT2D eigenvalue weighted by molar-refractivity contribution is -0.139. The zero-order chi connectivity index (χ0) is 25.2. The summed E-state index contributed by atoms with van der Waals surface area (Å²) in [5.74, 6) is -0.432. The van der Waals surface area contributed by atoms with Gasteiger partial charge in [0.05, 0.1) is 0 Å². The Morgan fingerprint density at radius 3 is 1.97 bits per heavy atom. The summed E-state index contributed by atoms with van der Waals surface area (Å²) in [7, 11) is 0. The van der Waals surface area contributed by atoms with E-state index in [1.165, 1.54) is 0 Å². The van der Waals surface area contributed by atoms with Gasteiger partial charge >= 0.3 is 5.97 Å². The Hall–Kier alpha value is -4.06. The molecule has 3 rings (SSSR count). The second-order valence-corrected chi connectivity index (χ2v) is 8.01. The molecule has 6 heteroatoms. The molecule has 0 saturated carbocycles. The number of rotatable bonds is 11. The van der Waals surface area contributed by atoms with Gasteiger partial charge in [0.25, 0.3) is 0 Å². The molecule has 0 aliphatic heterocycles. The molecule has 0 atom stereocenters.